The average molecular weight is 278 g/mol. The first-order valence-corrected chi connectivity index (χ1v) is 6.38. The molecule has 0 radical (unpaired) electrons. The zero-order valence-corrected chi connectivity index (χ0v) is 11.5. The van der Waals surface area contributed by atoms with Gasteiger partial charge in [-0.2, -0.15) is 5.26 Å². The molecule has 2 N–H and O–H groups in total. The molecule has 21 heavy (non-hydrogen) atoms. The first kappa shape index (κ1) is 14.4. The normalized spacial score (nSPS) is 10.8. The van der Waals surface area contributed by atoms with E-state index in [0.717, 1.165) is 5.56 Å². The van der Waals surface area contributed by atoms with Crippen LogP contribution >= 0.6 is 0 Å². The fraction of sp³-hybridized carbons (Fsp3) is 0.0588. The second-order valence-corrected chi connectivity index (χ2v) is 4.53. The molecule has 0 heterocycles. The first-order valence-electron chi connectivity index (χ1n) is 6.38. The molecule has 0 aromatic heterocycles. The summed E-state index contributed by atoms with van der Waals surface area (Å²) < 4.78 is 0. The van der Waals surface area contributed by atoms with Gasteiger partial charge in [-0.15, -0.1) is 0 Å². The number of phenolic OH excluding ortho intramolecular Hbond substituents is 1. The molecule has 4 nitrogen and oxygen atoms in total. The molecule has 104 valence electrons. The Morgan fingerprint density at radius 1 is 1.19 bits per heavy atom. The van der Waals surface area contributed by atoms with Gasteiger partial charge in [0.1, 0.15) is 17.4 Å². The van der Waals surface area contributed by atoms with Crippen LogP contribution in [0.25, 0.3) is 6.08 Å². The molecule has 0 aliphatic carbocycles. The minimum atomic E-state index is -0.458. The van der Waals surface area contributed by atoms with E-state index in [2.05, 4.69) is 5.32 Å². The van der Waals surface area contributed by atoms with Gasteiger partial charge >= 0.3 is 0 Å². The third-order valence-corrected chi connectivity index (χ3v) is 2.96. The predicted octanol–water partition coefficient (Wildman–Crippen LogP) is 3.25. The minimum Gasteiger partial charge on any atom is -0.508 e. The molecule has 2 rings (SSSR count). The van der Waals surface area contributed by atoms with Crippen LogP contribution in [-0.2, 0) is 4.79 Å². The molecule has 0 saturated heterocycles. The molecular weight excluding hydrogens is 264 g/mol. The van der Waals surface area contributed by atoms with E-state index in [1.54, 1.807) is 18.2 Å². The van der Waals surface area contributed by atoms with Gasteiger partial charge in [0.15, 0.2) is 0 Å². The Labute approximate surface area is 123 Å². The van der Waals surface area contributed by atoms with Gasteiger partial charge in [0.05, 0.1) is 0 Å². The molecule has 0 fully saturated rings. The lowest BCUT2D eigenvalue weighted by Crippen LogP contribution is -2.14. The van der Waals surface area contributed by atoms with Crippen molar-refractivity contribution in [1.29, 1.82) is 5.26 Å². The summed E-state index contributed by atoms with van der Waals surface area (Å²) in [7, 11) is 0. The Kier molecular flexibility index (Phi) is 4.37. The quantitative estimate of drug-likeness (QED) is 0.668. The number of aryl methyl sites for hydroxylation is 1. The number of amides is 1. The number of aromatic hydroxyl groups is 1. The maximum absolute atomic E-state index is 12.1. The molecule has 0 bridgehead atoms. The van der Waals surface area contributed by atoms with Crippen LogP contribution in [0.2, 0.25) is 0 Å². The van der Waals surface area contributed by atoms with Gasteiger partial charge in [-0.25, -0.2) is 0 Å². The van der Waals surface area contributed by atoms with Gasteiger partial charge in [-0.05, 0) is 42.3 Å². The smallest absolute Gasteiger partial charge is 0.266 e. The average Bonchev–Trinajstić information content (AvgIpc) is 2.49. The minimum absolute atomic E-state index is 0.00365. The number of para-hydroxylation sites is 1. The number of nitrogens with one attached hydrogen (secondary N) is 1. The highest BCUT2D eigenvalue weighted by Gasteiger charge is 2.10. The highest BCUT2D eigenvalue weighted by Crippen LogP contribution is 2.16. The molecule has 0 spiro atoms. The van der Waals surface area contributed by atoms with Crippen LogP contribution in [0.4, 0.5) is 5.69 Å². The fourth-order valence-corrected chi connectivity index (χ4v) is 1.79. The van der Waals surface area contributed by atoms with Gasteiger partial charge in [0.25, 0.3) is 5.91 Å². The molecule has 0 aliphatic rings. The zero-order chi connectivity index (χ0) is 15.2. The summed E-state index contributed by atoms with van der Waals surface area (Å²) in [5.74, 6) is -0.324. The number of hydrogen-bond donors (Lipinski definition) is 2. The highest BCUT2D eigenvalue weighted by atomic mass is 16.3. The van der Waals surface area contributed by atoms with Crippen molar-refractivity contribution in [2.75, 3.05) is 5.32 Å². The summed E-state index contributed by atoms with van der Waals surface area (Å²) in [6.07, 6.45) is 1.48. The summed E-state index contributed by atoms with van der Waals surface area (Å²) >= 11 is 0. The van der Waals surface area contributed by atoms with Gasteiger partial charge < -0.3 is 10.4 Å². The van der Waals surface area contributed by atoms with Crippen LogP contribution in [0.15, 0.2) is 54.1 Å². The zero-order valence-electron chi connectivity index (χ0n) is 11.5. The van der Waals surface area contributed by atoms with Crippen molar-refractivity contribution in [3.8, 4) is 11.8 Å². The van der Waals surface area contributed by atoms with Crippen molar-refractivity contribution in [3.63, 3.8) is 0 Å². The van der Waals surface area contributed by atoms with Crippen LogP contribution in [-0.4, -0.2) is 11.0 Å². The number of anilines is 1. The molecule has 0 aliphatic heterocycles. The summed E-state index contributed by atoms with van der Waals surface area (Å²) in [5, 5.41) is 21.1. The topological polar surface area (TPSA) is 73.1 Å². The van der Waals surface area contributed by atoms with Crippen molar-refractivity contribution in [2.24, 2.45) is 0 Å². The van der Waals surface area contributed by atoms with Gasteiger partial charge in [0.2, 0.25) is 0 Å². The second kappa shape index (κ2) is 6.40. The number of benzene rings is 2. The summed E-state index contributed by atoms with van der Waals surface area (Å²) in [5.41, 5.74) is 2.27. The first-order chi connectivity index (χ1) is 10.1. The number of rotatable bonds is 3. The molecule has 0 atom stereocenters. The lowest BCUT2D eigenvalue weighted by Gasteiger charge is -2.07. The largest absolute Gasteiger partial charge is 0.508 e. The van der Waals surface area contributed by atoms with Crippen molar-refractivity contribution in [1.82, 2.24) is 0 Å². The van der Waals surface area contributed by atoms with Crippen molar-refractivity contribution in [3.05, 3.63) is 65.2 Å². The lowest BCUT2D eigenvalue weighted by atomic mass is 10.1. The van der Waals surface area contributed by atoms with E-state index in [0.29, 0.717) is 11.3 Å². The highest BCUT2D eigenvalue weighted by molar-refractivity contribution is 6.09. The van der Waals surface area contributed by atoms with Crippen LogP contribution in [0.5, 0.6) is 5.75 Å². The molecule has 4 heteroatoms. The van der Waals surface area contributed by atoms with E-state index in [1.807, 2.05) is 31.2 Å². The Bertz CT molecular complexity index is 725. The van der Waals surface area contributed by atoms with E-state index in [-0.39, 0.29) is 11.3 Å². The van der Waals surface area contributed by atoms with Gasteiger partial charge in [-0.3, -0.25) is 4.79 Å². The molecule has 1 amide bonds. The Hall–Kier alpha value is -3.06. The van der Waals surface area contributed by atoms with Gasteiger partial charge in [0, 0.05) is 5.69 Å². The number of nitriles is 1. The molecule has 2 aromatic carbocycles. The van der Waals surface area contributed by atoms with E-state index in [4.69, 9.17) is 5.26 Å². The summed E-state index contributed by atoms with van der Waals surface area (Å²) in [4.78, 5) is 12.1. The monoisotopic (exact) mass is 278 g/mol. The van der Waals surface area contributed by atoms with Crippen LogP contribution in [0, 0.1) is 18.3 Å². The van der Waals surface area contributed by atoms with Crippen LogP contribution in [0.1, 0.15) is 11.1 Å². The van der Waals surface area contributed by atoms with Crippen LogP contribution in [0.3, 0.4) is 0 Å². The number of nitrogens with zero attached hydrogens (tertiary/aromatic N) is 1. The maximum Gasteiger partial charge on any atom is 0.266 e. The van der Waals surface area contributed by atoms with Crippen molar-refractivity contribution < 1.29 is 9.90 Å². The number of carbonyl (C=O) groups is 1. The molecular formula is C17H14N2O2. The second-order valence-electron chi connectivity index (χ2n) is 4.53. The van der Waals surface area contributed by atoms with Crippen molar-refractivity contribution in [2.45, 2.75) is 6.92 Å². The van der Waals surface area contributed by atoms with E-state index in [1.165, 1.54) is 18.2 Å². The lowest BCUT2D eigenvalue weighted by molar-refractivity contribution is -0.112. The maximum atomic E-state index is 12.1. The Balaban J connectivity index is 2.21. The SMILES string of the molecule is Cc1ccccc1NC(=O)/C(C#N)=C\c1ccc(O)cc1. The van der Waals surface area contributed by atoms with Crippen LogP contribution < -0.4 is 5.32 Å². The number of hydrogen-bond acceptors (Lipinski definition) is 3. The molecule has 2 aromatic rings. The Morgan fingerprint density at radius 2 is 1.86 bits per heavy atom. The number of carbonyl (C=O) groups excluding carboxylic acids is 1. The number of phenols is 1. The fourth-order valence-electron chi connectivity index (χ4n) is 1.79. The van der Waals surface area contributed by atoms with Gasteiger partial charge in [-0.1, -0.05) is 30.3 Å². The molecule has 0 unspecified atom stereocenters. The van der Waals surface area contributed by atoms with Crippen molar-refractivity contribution >= 4 is 17.7 Å². The van der Waals surface area contributed by atoms with E-state index in [9.17, 15) is 9.90 Å². The predicted molar refractivity (Wildman–Crippen MR) is 81.5 cm³/mol. The van der Waals surface area contributed by atoms with E-state index < -0.39 is 5.91 Å². The molecule has 0 saturated carbocycles. The van der Waals surface area contributed by atoms with E-state index >= 15 is 0 Å². The standard InChI is InChI=1S/C17H14N2O2/c1-12-4-2-3-5-16(12)19-17(21)14(11-18)10-13-6-8-15(20)9-7-13/h2-10,20H,1H3,(H,19,21)/b14-10-. The Morgan fingerprint density at radius 3 is 2.48 bits per heavy atom. The summed E-state index contributed by atoms with van der Waals surface area (Å²) in [6, 6.07) is 15.5. The summed E-state index contributed by atoms with van der Waals surface area (Å²) in [6.45, 7) is 1.88. The third-order valence-electron chi connectivity index (χ3n) is 2.96. The third kappa shape index (κ3) is 3.71.